The fraction of sp³-hybridized carbons (Fsp3) is 0.154. The third-order valence-electron chi connectivity index (χ3n) is 2.51. The van der Waals surface area contributed by atoms with Crippen molar-refractivity contribution in [1.29, 1.82) is 0 Å². The van der Waals surface area contributed by atoms with Crippen LogP contribution in [0, 0.1) is 12.7 Å². The molecule has 0 unspecified atom stereocenters. The van der Waals surface area contributed by atoms with Gasteiger partial charge in [-0.15, -0.1) is 11.3 Å². The van der Waals surface area contributed by atoms with Gasteiger partial charge in [-0.05, 0) is 46.6 Å². The minimum absolute atomic E-state index is 0.0918. The van der Waals surface area contributed by atoms with Crippen molar-refractivity contribution < 1.29 is 13.9 Å². The highest BCUT2D eigenvalue weighted by Gasteiger charge is 2.12. The topological polar surface area (TPSA) is 52.3 Å². The molecule has 0 aliphatic heterocycles. The molecule has 1 heterocycles. The van der Waals surface area contributed by atoms with Crippen LogP contribution in [0.1, 0.15) is 20.1 Å². The quantitative estimate of drug-likeness (QED) is 0.860. The van der Waals surface area contributed by atoms with Crippen LogP contribution in [-0.4, -0.2) is 5.97 Å². The Morgan fingerprint density at radius 3 is 2.79 bits per heavy atom. The van der Waals surface area contributed by atoms with Gasteiger partial charge in [0, 0.05) is 10.6 Å². The Bertz CT molecular complexity index is 608. The number of halogens is 2. The molecular formula is C13H11BrFNO2S. The Labute approximate surface area is 122 Å². The predicted octanol–water partition coefficient (Wildman–Crippen LogP) is 3.90. The molecule has 0 aliphatic rings. The van der Waals surface area contributed by atoms with Crippen molar-refractivity contribution in [2.24, 2.45) is 0 Å². The lowest BCUT2D eigenvalue weighted by molar-refractivity contribution is 0.0478. The van der Waals surface area contributed by atoms with E-state index in [1.807, 2.05) is 6.92 Å². The highest BCUT2D eigenvalue weighted by Crippen LogP contribution is 2.24. The molecule has 0 spiro atoms. The summed E-state index contributed by atoms with van der Waals surface area (Å²) in [5.41, 5.74) is 6.97. The highest BCUT2D eigenvalue weighted by molar-refractivity contribution is 9.10. The number of hydrogen-bond acceptors (Lipinski definition) is 4. The third-order valence-corrected chi connectivity index (χ3v) is 4.17. The summed E-state index contributed by atoms with van der Waals surface area (Å²) in [5.74, 6) is -0.776. The molecule has 1 aromatic heterocycles. The molecular weight excluding hydrogens is 333 g/mol. The van der Waals surface area contributed by atoms with Crippen LogP contribution >= 0.6 is 27.3 Å². The van der Waals surface area contributed by atoms with Crippen molar-refractivity contribution in [1.82, 2.24) is 0 Å². The molecule has 1 aromatic carbocycles. The van der Waals surface area contributed by atoms with E-state index in [0.717, 1.165) is 4.88 Å². The van der Waals surface area contributed by atoms with E-state index in [9.17, 15) is 9.18 Å². The van der Waals surface area contributed by atoms with Crippen LogP contribution in [0.3, 0.4) is 0 Å². The van der Waals surface area contributed by atoms with Crippen molar-refractivity contribution in [3.63, 3.8) is 0 Å². The summed E-state index contributed by atoms with van der Waals surface area (Å²) in [6.45, 7) is 1.93. The molecule has 0 aliphatic carbocycles. The summed E-state index contributed by atoms with van der Waals surface area (Å²) < 4.78 is 18.5. The summed E-state index contributed by atoms with van der Waals surface area (Å²) >= 11 is 4.38. The molecule has 2 N–H and O–H groups in total. The van der Waals surface area contributed by atoms with Crippen molar-refractivity contribution in [3.8, 4) is 0 Å². The molecule has 0 amide bonds. The van der Waals surface area contributed by atoms with E-state index in [4.69, 9.17) is 10.5 Å². The van der Waals surface area contributed by atoms with E-state index in [0.29, 0.717) is 20.6 Å². The van der Waals surface area contributed by atoms with E-state index in [1.165, 1.54) is 17.4 Å². The first-order valence-electron chi connectivity index (χ1n) is 5.44. The van der Waals surface area contributed by atoms with Gasteiger partial charge in [-0.1, -0.05) is 6.07 Å². The second-order valence-corrected chi connectivity index (χ2v) is 6.06. The van der Waals surface area contributed by atoms with Crippen LogP contribution in [0.25, 0.3) is 0 Å². The number of anilines is 1. The van der Waals surface area contributed by atoms with Crippen LogP contribution in [0.4, 0.5) is 10.1 Å². The van der Waals surface area contributed by atoms with E-state index in [-0.39, 0.29) is 12.4 Å². The van der Waals surface area contributed by atoms with Crippen LogP contribution in [0.15, 0.2) is 28.7 Å². The standard InChI is InChI=1S/C13H11BrFNO2S/c1-7-11(16)5-12(19-7)13(17)18-6-8-2-3-10(15)9(14)4-8/h2-5H,6,16H2,1H3. The maximum absolute atomic E-state index is 13.0. The first-order chi connectivity index (χ1) is 8.97. The van der Waals surface area contributed by atoms with E-state index in [2.05, 4.69) is 15.9 Å². The number of hydrogen-bond donors (Lipinski definition) is 1. The first kappa shape index (κ1) is 14.0. The molecule has 0 bridgehead atoms. The largest absolute Gasteiger partial charge is 0.457 e. The lowest BCUT2D eigenvalue weighted by Crippen LogP contribution is -2.03. The molecule has 0 fully saturated rings. The maximum atomic E-state index is 13.0. The van der Waals surface area contributed by atoms with Crippen molar-refractivity contribution >= 4 is 38.9 Å². The number of aryl methyl sites for hydroxylation is 1. The first-order valence-corrected chi connectivity index (χ1v) is 7.05. The second-order valence-electron chi connectivity index (χ2n) is 3.95. The van der Waals surface area contributed by atoms with Crippen molar-refractivity contribution in [2.75, 3.05) is 5.73 Å². The monoisotopic (exact) mass is 343 g/mol. The number of carbonyl (C=O) groups is 1. The minimum Gasteiger partial charge on any atom is -0.457 e. The fourth-order valence-electron chi connectivity index (χ4n) is 1.45. The lowest BCUT2D eigenvalue weighted by atomic mass is 10.2. The second kappa shape index (κ2) is 5.71. The Morgan fingerprint density at radius 2 is 2.21 bits per heavy atom. The summed E-state index contributed by atoms with van der Waals surface area (Å²) in [5, 5.41) is 0. The SMILES string of the molecule is Cc1sc(C(=O)OCc2ccc(F)c(Br)c2)cc1N. The summed E-state index contributed by atoms with van der Waals surface area (Å²) in [6, 6.07) is 6.07. The summed E-state index contributed by atoms with van der Waals surface area (Å²) in [4.78, 5) is 13.1. The number of rotatable bonds is 3. The van der Waals surface area contributed by atoms with E-state index < -0.39 is 5.97 Å². The molecule has 6 heteroatoms. The number of benzene rings is 1. The maximum Gasteiger partial charge on any atom is 0.348 e. The molecule has 100 valence electrons. The zero-order chi connectivity index (χ0) is 14.0. The lowest BCUT2D eigenvalue weighted by Gasteiger charge is -2.04. The van der Waals surface area contributed by atoms with Gasteiger partial charge in [0.1, 0.15) is 17.3 Å². The zero-order valence-corrected chi connectivity index (χ0v) is 12.5. The predicted molar refractivity (Wildman–Crippen MR) is 76.7 cm³/mol. The molecule has 2 aromatic rings. The van der Waals surface area contributed by atoms with E-state index >= 15 is 0 Å². The number of esters is 1. The Balaban J connectivity index is 2.02. The van der Waals surface area contributed by atoms with Gasteiger partial charge < -0.3 is 10.5 Å². The summed E-state index contributed by atoms with van der Waals surface area (Å²) in [7, 11) is 0. The molecule has 19 heavy (non-hydrogen) atoms. The van der Waals surface area contributed by atoms with Crippen molar-refractivity contribution in [2.45, 2.75) is 13.5 Å². The van der Waals surface area contributed by atoms with Gasteiger partial charge in [0.25, 0.3) is 0 Å². The van der Waals surface area contributed by atoms with Gasteiger partial charge in [0.2, 0.25) is 0 Å². The average molecular weight is 344 g/mol. The van der Waals surface area contributed by atoms with Crippen molar-refractivity contribution in [3.05, 3.63) is 49.9 Å². The smallest absolute Gasteiger partial charge is 0.348 e. The molecule has 2 rings (SSSR count). The zero-order valence-electron chi connectivity index (χ0n) is 10.1. The number of thiophene rings is 1. The van der Waals surface area contributed by atoms with Gasteiger partial charge in [-0.25, -0.2) is 9.18 Å². The third kappa shape index (κ3) is 3.33. The van der Waals surface area contributed by atoms with Crippen LogP contribution < -0.4 is 5.73 Å². The number of nitrogen functional groups attached to an aromatic ring is 1. The van der Waals surface area contributed by atoms with Gasteiger partial charge in [-0.2, -0.15) is 0 Å². The Hall–Kier alpha value is -1.40. The van der Waals surface area contributed by atoms with Gasteiger partial charge in [0.05, 0.1) is 4.47 Å². The van der Waals surface area contributed by atoms with Crippen LogP contribution in [0.2, 0.25) is 0 Å². The summed E-state index contributed by atoms with van der Waals surface area (Å²) in [6.07, 6.45) is 0. The normalized spacial score (nSPS) is 10.5. The molecule has 0 saturated carbocycles. The highest BCUT2D eigenvalue weighted by atomic mass is 79.9. The number of ether oxygens (including phenoxy) is 1. The number of carbonyl (C=O) groups excluding carboxylic acids is 1. The van der Waals surface area contributed by atoms with E-state index in [1.54, 1.807) is 18.2 Å². The Morgan fingerprint density at radius 1 is 1.47 bits per heavy atom. The van der Waals surface area contributed by atoms with Gasteiger partial charge in [-0.3, -0.25) is 0 Å². The molecule has 0 radical (unpaired) electrons. The molecule has 3 nitrogen and oxygen atoms in total. The van der Waals surface area contributed by atoms with Gasteiger partial charge >= 0.3 is 5.97 Å². The fourth-order valence-corrected chi connectivity index (χ4v) is 2.71. The Kier molecular flexibility index (Phi) is 4.21. The molecule has 0 atom stereocenters. The minimum atomic E-state index is -0.426. The number of nitrogens with two attached hydrogens (primary N) is 1. The van der Waals surface area contributed by atoms with Crippen LogP contribution in [-0.2, 0) is 11.3 Å². The average Bonchev–Trinajstić information content (AvgIpc) is 2.71. The van der Waals surface area contributed by atoms with Crippen LogP contribution in [0.5, 0.6) is 0 Å². The molecule has 0 saturated heterocycles. The van der Waals surface area contributed by atoms with Gasteiger partial charge in [0.15, 0.2) is 0 Å².